The van der Waals surface area contributed by atoms with Gasteiger partial charge in [0.1, 0.15) is 22.9 Å². The summed E-state index contributed by atoms with van der Waals surface area (Å²) in [5.74, 6) is 0.687. The summed E-state index contributed by atoms with van der Waals surface area (Å²) in [5.41, 5.74) is 6.20. The van der Waals surface area contributed by atoms with E-state index in [0.29, 0.717) is 24.6 Å². The highest BCUT2D eigenvalue weighted by Gasteiger charge is 2.34. The Kier molecular flexibility index (Phi) is 4.05. The van der Waals surface area contributed by atoms with Crippen LogP contribution in [-0.4, -0.2) is 54.5 Å². The van der Waals surface area contributed by atoms with Crippen molar-refractivity contribution >= 4 is 23.0 Å². The van der Waals surface area contributed by atoms with Crippen LogP contribution in [0.15, 0.2) is 12.4 Å². The third-order valence-electron chi connectivity index (χ3n) is 3.03. The Hall–Kier alpha value is -1.31. The maximum Gasteiger partial charge on any atom is 0.157 e. The first-order chi connectivity index (χ1) is 8.67. The number of methoxy groups -OCH3 is 2. The monoisotopic (exact) mass is 268 g/mol. The van der Waals surface area contributed by atoms with Crippen LogP contribution in [0, 0.1) is 0 Å². The molecular weight excluding hydrogens is 252 g/mol. The van der Waals surface area contributed by atoms with Crippen molar-refractivity contribution in [2.24, 2.45) is 5.73 Å². The van der Waals surface area contributed by atoms with Crippen molar-refractivity contribution in [2.75, 3.05) is 32.2 Å². The lowest BCUT2D eigenvalue weighted by molar-refractivity contribution is -0.00461. The number of hydrogen-bond donors (Lipinski definition) is 1. The number of nitrogens with zero attached hydrogens (tertiary/aromatic N) is 3. The minimum atomic E-state index is 0.0104. The number of anilines is 1. The molecule has 1 saturated heterocycles. The van der Waals surface area contributed by atoms with Crippen LogP contribution in [0.3, 0.4) is 0 Å². The van der Waals surface area contributed by atoms with E-state index in [1.54, 1.807) is 26.6 Å². The number of rotatable bonds is 4. The highest BCUT2D eigenvalue weighted by atomic mass is 32.1. The summed E-state index contributed by atoms with van der Waals surface area (Å²) in [6.45, 7) is 1.37. The quantitative estimate of drug-likeness (QED) is 0.768. The van der Waals surface area contributed by atoms with Crippen molar-refractivity contribution in [3.63, 3.8) is 0 Å². The van der Waals surface area contributed by atoms with Gasteiger partial charge in [0.15, 0.2) is 5.82 Å². The Morgan fingerprint density at radius 3 is 2.33 bits per heavy atom. The molecule has 0 amide bonds. The van der Waals surface area contributed by atoms with E-state index < -0.39 is 0 Å². The molecule has 7 heteroatoms. The van der Waals surface area contributed by atoms with Crippen LogP contribution in [0.2, 0.25) is 0 Å². The fraction of sp³-hybridized carbons (Fsp3) is 0.545. The Labute approximate surface area is 111 Å². The van der Waals surface area contributed by atoms with E-state index in [1.807, 2.05) is 4.90 Å². The molecule has 18 heavy (non-hydrogen) atoms. The molecule has 98 valence electrons. The van der Waals surface area contributed by atoms with Crippen LogP contribution >= 0.6 is 12.2 Å². The van der Waals surface area contributed by atoms with Gasteiger partial charge in [-0.2, -0.15) is 0 Å². The summed E-state index contributed by atoms with van der Waals surface area (Å²) in [5, 5.41) is 0. The molecule has 0 radical (unpaired) electrons. The molecule has 2 atom stereocenters. The molecule has 0 aromatic carbocycles. The summed E-state index contributed by atoms with van der Waals surface area (Å²) in [4.78, 5) is 10.8. The van der Waals surface area contributed by atoms with Gasteiger partial charge >= 0.3 is 0 Å². The average molecular weight is 268 g/mol. The predicted molar refractivity (Wildman–Crippen MR) is 71.7 cm³/mol. The predicted octanol–water partition coefficient (Wildman–Crippen LogP) is -0.0392. The van der Waals surface area contributed by atoms with E-state index in [4.69, 9.17) is 27.4 Å². The first-order valence-electron chi connectivity index (χ1n) is 5.58. The fourth-order valence-corrected chi connectivity index (χ4v) is 2.25. The van der Waals surface area contributed by atoms with Gasteiger partial charge in [-0.05, 0) is 0 Å². The summed E-state index contributed by atoms with van der Waals surface area (Å²) in [7, 11) is 3.34. The van der Waals surface area contributed by atoms with E-state index in [1.165, 1.54) is 0 Å². The van der Waals surface area contributed by atoms with Gasteiger partial charge < -0.3 is 20.1 Å². The number of aromatic nitrogens is 2. The highest BCUT2D eigenvalue weighted by Crippen LogP contribution is 2.23. The maximum absolute atomic E-state index is 5.66. The molecule has 2 heterocycles. The molecule has 1 aliphatic rings. The van der Waals surface area contributed by atoms with Crippen molar-refractivity contribution in [3.05, 3.63) is 18.1 Å². The molecule has 2 N–H and O–H groups in total. The Morgan fingerprint density at radius 1 is 1.28 bits per heavy atom. The summed E-state index contributed by atoms with van der Waals surface area (Å²) >= 11 is 4.99. The van der Waals surface area contributed by atoms with Crippen molar-refractivity contribution in [1.29, 1.82) is 0 Å². The Morgan fingerprint density at radius 2 is 1.83 bits per heavy atom. The molecule has 2 unspecified atom stereocenters. The van der Waals surface area contributed by atoms with Gasteiger partial charge in [0.05, 0.1) is 0 Å². The van der Waals surface area contributed by atoms with Gasteiger partial charge in [0.25, 0.3) is 0 Å². The molecule has 6 nitrogen and oxygen atoms in total. The molecule has 2 rings (SSSR count). The number of nitrogens with two attached hydrogens (primary N) is 1. The maximum atomic E-state index is 5.66. The molecule has 1 aromatic heterocycles. The molecular formula is C11H16N4O2S. The minimum absolute atomic E-state index is 0.0104. The van der Waals surface area contributed by atoms with Crippen molar-refractivity contribution in [3.8, 4) is 0 Å². The van der Waals surface area contributed by atoms with E-state index in [-0.39, 0.29) is 17.2 Å². The van der Waals surface area contributed by atoms with Crippen LogP contribution in [0.25, 0.3) is 0 Å². The van der Waals surface area contributed by atoms with Gasteiger partial charge in [0, 0.05) is 39.7 Å². The Balaban J connectivity index is 2.26. The number of ether oxygens (including phenoxy) is 2. The normalized spacial score (nSPS) is 23.3. The molecule has 0 bridgehead atoms. The lowest BCUT2D eigenvalue weighted by atomic mass is 10.3. The van der Waals surface area contributed by atoms with Gasteiger partial charge in [0.2, 0.25) is 0 Å². The van der Waals surface area contributed by atoms with Crippen molar-refractivity contribution in [2.45, 2.75) is 12.2 Å². The molecule has 0 saturated carbocycles. The lowest BCUT2D eigenvalue weighted by Gasteiger charge is -2.18. The summed E-state index contributed by atoms with van der Waals surface area (Å²) in [6.07, 6.45) is 3.22. The highest BCUT2D eigenvalue weighted by molar-refractivity contribution is 7.80. The second-order valence-corrected chi connectivity index (χ2v) is 4.49. The zero-order valence-corrected chi connectivity index (χ0v) is 11.2. The standard InChI is InChI=1S/C11H16N4O2S/c1-16-7-5-15(6-8(7)17-2)11-9(10(12)18)13-3-4-14-11/h3-4,7-8H,5-6H2,1-2H3,(H2,12,18). The van der Waals surface area contributed by atoms with Gasteiger partial charge in [-0.3, -0.25) is 0 Å². The minimum Gasteiger partial charge on any atom is -0.388 e. The van der Waals surface area contributed by atoms with Crippen LogP contribution in [0.4, 0.5) is 5.82 Å². The SMILES string of the molecule is COC1CN(c2nccnc2C(N)=S)CC1OC. The number of hydrogen-bond acceptors (Lipinski definition) is 6. The smallest absolute Gasteiger partial charge is 0.157 e. The average Bonchev–Trinajstić information content (AvgIpc) is 2.81. The molecule has 0 spiro atoms. The van der Waals surface area contributed by atoms with Crippen molar-refractivity contribution < 1.29 is 9.47 Å². The third kappa shape index (κ3) is 2.43. The van der Waals surface area contributed by atoms with Crippen LogP contribution in [0.5, 0.6) is 0 Å². The first-order valence-corrected chi connectivity index (χ1v) is 5.99. The van der Waals surface area contributed by atoms with Crippen molar-refractivity contribution in [1.82, 2.24) is 9.97 Å². The lowest BCUT2D eigenvalue weighted by Crippen LogP contribution is -2.27. The molecule has 0 aliphatic carbocycles. The van der Waals surface area contributed by atoms with E-state index in [2.05, 4.69) is 9.97 Å². The third-order valence-corrected chi connectivity index (χ3v) is 3.23. The zero-order chi connectivity index (χ0) is 13.1. The van der Waals surface area contributed by atoms with Gasteiger partial charge in [-0.15, -0.1) is 0 Å². The van der Waals surface area contributed by atoms with Crippen LogP contribution < -0.4 is 10.6 Å². The molecule has 1 aliphatic heterocycles. The van der Waals surface area contributed by atoms with E-state index in [9.17, 15) is 0 Å². The fourth-order valence-electron chi connectivity index (χ4n) is 2.11. The van der Waals surface area contributed by atoms with E-state index in [0.717, 1.165) is 0 Å². The first kappa shape index (κ1) is 13.1. The largest absolute Gasteiger partial charge is 0.388 e. The molecule has 1 aromatic rings. The second-order valence-electron chi connectivity index (χ2n) is 4.05. The number of thiocarbonyl (C=S) groups is 1. The zero-order valence-electron chi connectivity index (χ0n) is 10.4. The van der Waals surface area contributed by atoms with E-state index >= 15 is 0 Å². The topological polar surface area (TPSA) is 73.5 Å². The second kappa shape index (κ2) is 5.55. The van der Waals surface area contributed by atoms with Crippen LogP contribution in [0.1, 0.15) is 5.69 Å². The molecule has 1 fully saturated rings. The van der Waals surface area contributed by atoms with Crippen LogP contribution in [-0.2, 0) is 9.47 Å². The van der Waals surface area contributed by atoms with Gasteiger partial charge in [-0.1, -0.05) is 12.2 Å². The summed E-state index contributed by atoms with van der Waals surface area (Å²) < 4.78 is 10.8. The Bertz CT molecular complexity index is 431. The summed E-state index contributed by atoms with van der Waals surface area (Å²) in [6, 6.07) is 0. The van der Waals surface area contributed by atoms with Gasteiger partial charge in [-0.25, -0.2) is 9.97 Å².